The third kappa shape index (κ3) is 2.38. The van der Waals surface area contributed by atoms with Gasteiger partial charge < -0.3 is 9.52 Å². The molecule has 0 saturated carbocycles. The number of ketones is 1. The number of aromatic hydroxyl groups is 1. The summed E-state index contributed by atoms with van der Waals surface area (Å²) in [6, 6.07) is 4.36. The summed E-state index contributed by atoms with van der Waals surface area (Å²) in [4.78, 5) is 23.5. The Bertz CT molecular complexity index is 682. The third-order valence-corrected chi connectivity index (χ3v) is 3.09. The number of Topliss-reactive ketones (excluding diaryl/α,β-unsaturated/α-hetero) is 1. The Morgan fingerprint density at radius 3 is 2.68 bits per heavy atom. The van der Waals surface area contributed by atoms with Crippen LogP contribution in [0.25, 0.3) is 11.0 Å². The van der Waals surface area contributed by atoms with Crippen LogP contribution in [0.1, 0.15) is 42.6 Å². The smallest absolute Gasteiger partial charge is 0.336 e. The largest absolute Gasteiger partial charge is 0.507 e. The first-order valence-electron chi connectivity index (χ1n) is 6.40. The standard InChI is InChI=1S/C15H16O4/c1-3-5-9-8-13(18)19-15-10(11(16)4-2)6-7-12(17)14(9)15/h6-8,17H,3-5H2,1-2H3. The predicted octanol–water partition coefficient (Wildman–Crippen LogP) is 3.04. The molecule has 19 heavy (non-hydrogen) atoms. The van der Waals surface area contributed by atoms with Gasteiger partial charge >= 0.3 is 5.63 Å². The molecule has 0 fully saturated rings. The van der Waals surface area contributed by atoms with Gasteiger partial charge in [-0.2, -0.15) is 0 Å². The highest BCUT2D eigenvalue weighted by Crippen LogP contribution is 2.31. The molecule has 0 aliphatic heterocycles. The third-order valence-electron chi connectivity index (χ3n) is 3.09. The molecule has 1 N–H and O–H groups in total. The first-order valence-corrected chi connectivity index (χ1v) is 6.40. The van der Waals surface area contributed by atoms with Gasteiger partial charge in [0.05, 0.1) is 10.9 Å². The summed E-state index contributed by atoms with van der Waals surface area (Å²) in [5.74, 6) is -0.0725. The van der Waals surface area contributed by atoms with Crippen LogP contribution in [0.4, 0.5) is 0 Å². The van der Waals surface area contributed by atoms with E-state index in [0.29, 0.717) is 23.8 Å². The van der Waals surface area contributed by atoms with E-state index in [4.69, 9.17) is 4.42 Å². The fraction of sp³-hybridized carbons (Fsp3) is 0.333. The van der Waals surface area contributed by atoms with E-state index in [1.807, 2.05) is 6.92 Å². The molecule has 2 aromatic rings. The number of phenolic OH excluding ortho intramolecular Hbond substituents is 1. The maximum absolute atomic E-state index is 11.9. The minimum absolute atomic E-state index is 0.0369. The molecule has 0 radical (unpaired) electrons. The van der Waals surface area contributed by atoms with Crippen molar-refractivity contribution in [1.82, 2.24) is 0 Å². The van der Waals surface area contributed by atoms with E-state index in [-0.39, 0.29) is 17.1 Å². The van der Waals surface area contributed by atoms with Crippen LogP contribution in [0.3, 0.4) is 0 Å². The van der Waals surface area contributed by atoms with Gasteiger partial charge in [-0.3, -0.25) is 4.79 Å². The Morgan fingerprint density at radius 1 is 1.32 bits per heavy atom. The zero-order chi connectivity index (χ0) is 14.0. The molecule has 4 nitrogen and oxygen atoms in total. The van der Waals surface area contributed by atoms with Crippen molar-refractivity contribution < 1.29 is 14.3 Å². The summed E-state index contributed by atoms with van der Waals surface area (Å²) in [7, 11) is 0. The topological polar surface area (TPSA) is 67.5 Å². The Hall–Kier alpha value is -2.10. The lowest BCUT2D eigenvalue weighted by Crippen LogP contribution is -2.05. The van der Waals surface area contributed by atoms with Crippen LogP contribution >= 0.6 is 0 Å². The Labute approximate surface area is 110 Å². The molecule has 0 aliphatic carbocycles. The molecular formula is C15H16O4. The van der Waals surface area contributed by atoms with E-state index in [1.54, 1.807) is 6.92 Å². The van der Waals surface area contributed by atoms with Crippen molar-refractivity contribution in [2.45, 2.75) is 33.1 Å². The predicted molar refractivity (Wildman–Crippen MR) is 72.8 cm³/mol. The zero-order valence-corrected chi connectivity index (χ0v) is 11.0. The van der Waals surface area contributed by atoms with Gasteiger partial charge in [0.25, 0.3) is 0 Å². The van der Waals surface area contributed by atoms with E-state index < -0.39 is 5.63 Å². The summed E-state index contributed by atoms with van der Waals surface area (Å²) < 4.78 is 5.15. The number of aryl methyl sites for hydroxylation is 1. The zero-order valence-electron chi connectivity index (χ0n) is 11.0. The summed E-state index contributed by atoms with van der Waals surface area (Å²) in [6.45, 7) is 3.73. The average molecular weight is 260 g/mol. The summed E-state index contributed by atoms with van der Waals surface area (Å²) in [5.41, 5.74) is 0.775. The highest BCUT2D eigenvalue weighted by atomic mass is 16.4. The second kappa shape index (κ2) is 5.26. The van der Waals surface area contributed by atoms with Crippen molar-refractivity contribution in [2.24, 2.45) is 0 Å². The lowest BCUT2D eigenvalue weighted by molar-refractivity contribution is 0.0988. The Balaban J connectivity index is 2.86. The van der Waals surface area contributed by atoms with Gasteiger partial charge in [0.2, 0.25) is 0 Å². The van der Waals surface area contributed by atoms with E-state index in [0.717, 1.165) is 12.0 Å². The number of carbonyl (C=O) groups is 1. The minimum Gasteiger partial charge on any atom is -0.507 e. The maximum atomic E-state index is 11.9. The fourth-order valence-electron chi connectivity index (χ4n) is 2.21. The number of benzene rings is 1. The molecular weight excluding hydrogens is 244 g/mol. The monoisotopic (exact) mass is 260 g/mol. The van der Waals surface area contributed by atoms with Gasteiger partial charge in [0, 0.05) is 12.5 Å². The molecule has 100 valence electrons. The number of carbonyl (C=O) groups excluding carboxylic acids is 1. The summed E-state index contributed by atoms with van der Waals surface area (Å²) in [6.07, 6.45) is 1.81. The van der Waals surface area contributed by atoms with Crippen molar-refractivity contribution in [3.63, 3.8) is 0 Å². The number of hydrogen-bond acceptors (Lipinski definition) is 4. The lowest BCUT2D eigenvalue weighted by atomic mass is 9.99. The van der Waals surface area contributed by atoms with Gasteiger partial charge in [-0.25, -0.2) is 4.79 Å². The number of fused-ring (bicyclic) bond motifs is 1. The van der Waals surface area contributed by atoms with Gasteiger partial charge in [0.1, 0.15) is 5.75 Å². The molecule has 0 spiro atoms. The van der Waals surface area contributed by atoms with Gasteiger partial charge in [-0.05, 0) is 24.1 Å². The van der Waals surface area contributed by atoms with Gasteiger partial charge in [0.15, 0.2) is 11.4 Å². The van der Waals surface area contributed by atoms with E-state index >= 15 is 0 Å². The van der Waals surface area contributed by atoms with E-state index in [9.17, 15) is 14.7 Å². The number of hydrogen-bond donors (Lipinski definition) is 1. The summed E-state index contributed by atoms with van der Waals surface area (Å²) in [5, 5.41) is 10.4. The first kappa shape index (κ1) is 13.3. The van der Waals surface area contributed by atoms with Crippen molar-refractivity contribution in [1.29, 1.82) is 0 Å². The molecule has 1 heterocycles. The molecule has 1 aromatic heterocycles. The van der Waals surface area contributed by atoms with Crippen LogP contribution in [-0.2, 0) is 6.42 Å². The minimum atomic E-state index is -0.494. The second-order valence-corrected chi connectivity index (χ2v) is 4.45. The molecule has 0 atom stereocenters. The quantitative estimate of drug-likeness (QED) is 0.677. The second-order valence-electron chi connectivity index (χ2n) is 4.45. The molecule has 1 aromatic carbocycles. The van der Waals surface area contributed by atoms with Crippen molar-refractivity contribution >= 4 is 16.8 Å². The van der Waals surface area contributed by atoms with Crippen LogP contribution in [0.15, 0.2) is 27.4 Å². The SMILES string of the molecule is CCCc1cc(=O)oc2c(C(=O)CC)ccc(O)c12. The molecule has 4 heteroatoms. The molecule has 0 bridgehead atoms. The maximum Gasteiger partial charge on any atom is 0.336 e. The van der Waals surface area contributed by atoms with Crippen LogP contribution in [0, 0.1) is 0 Å². The van der Waals surface area contributed by atoms with Gasteiger partial charge in [-0.1, -0.05) is 20.3 Å². The molecule has 2 rings (SSSR count). The molecule has 0 unspecified atom stereocenters. The van der Waals surface area contributed by atoms with Gasteiger partial charge in [-0.15, -0.1) is 0 Å². The lowest BCUT2D eigenvalue weighted by Gasteiger charge is -2.09. The van der Waals surface area contributed by atoms with Crippen molar-refractivity contribution in [2.75, 3.05) is 0 Å². The Morgan fingerprint density at radius 2 is 2.05 bits per heavy atom. The van der Waals surface area contributed by atoms with E-state index in [1.165, 1.54) is 18.2 Å². The highest BCUT2D eigenvalue weighted by molar-refractivity contribution is 6.07. The number of phenols is 1. The summed E-state index contributed by atoms with van der Waals surface area (Å²) >= 11 is 0. The average Bonchev–Trinajstić information content (AvgIpc) is 2.38. The van der Waals surface area contributed by atoms with E-state index in [2.05, 4.69) is 0 Å². The number of rotatable bonds is 4. The first-order chi connectivity index (χ1) is 9.08. The van der Waals surface area contributed by atoms with Crippen molar-refractivity contribution in [3.05, 3.63) is 39.7 Å². The fourth-order valence-corrected chi connectivity index (χ4v) is 2.21. The normalized spacial score (nSPS) is 10.8. The van der Waals surface area contributed by atoms with Crippen LogP contribution in [0.2, 0.25) is 0 Å². The molecule has 0 saturated heterocycles. The molecule has 0 aliphatic rings. The highest BCUT2D eigenvalue weighted by Gasteiger charge is 2.16. The molecule has 0 amide bonds. The van der Waals surface area contributed by atoms with Crippen molar-refractivity contribution in [3.8, 4) is 5.75 Å². The van der Waals surface area contributed by atoms with Crippen LogP contribution in [0.5, 0.6) is 5.75 Å². The van der Waals surface area contributed by atoms with Crippen LogP contribution in [-0.4, -0.2) is 10.9 Å². The van der Waals surface area contributed by atoms with Crippen LogP contribution < -0.4 is 5.63 Å². The Kier molecular flexibility index (Phi) is 3.69.